The number of rotatable bonds is 3. The van der Waals surface area contributed by atoms with Crippen LogP contribution >= 0.6 is 27.5 Å². The van der Waals surface area contributed by atoms with E-state index in [2.05, 4.69) is 15.9 Å². The van der Waals surface area contributed by atoms with E-state index in [0.717, 1.165) is 22.0 Å². The average molecular weight is 279 g/mol. The molecule has 0 atom stereocenters. The molecule has 0 N–H and O–H groups in total. The van der Waals surface area contributed by atoms with Gasteiger partial charge in [-0.25, -0.2) is 0 Å². The van der Waals surface area contributed by atoms with E-state index >= 15 is 0 Å². The largest absolute Gasteiger partial charge is 0.270 e. The summed E-state index contributed by atoms with van der Waals surface area (Å²) in [6, 6.07) is 3.03. The van der Waals surface area contributed by atoms with Gasteiger partial charge < -0.3 is 0 Å². The highest BCUT2D eigenvalue weighted by Crippen LogP contribution is 2.28. The van der Waals surface area contributed by atoms with E-state index in [9.17, 15) is 10.1 Å². The molecule has 0 amide bonds. The number of nitrogens with zero attached hydrogens (tertiary/aromatic N) is 1. The van der Waals surface area contributed by atoms with Gasteiger partial charge in [0.05, 0.1) is 4.92 Å². The first-order valence-electron chi connectivity index (χ1n) is 4.11. The molecule has 14 heavy (non-hydrogen) atoms. The summed E-state index contributed by atoms with van der Waals surface area (Å²) in [5, 5.41) is 10.6. The van der Waals surface area contributed by atoms with Crippen molar-refractivity contribution in [2.45, 2.75) is 19.2 Å². The molecule has 0 saturated heterocycles. The summed E-state index contributed by atoms with van der Waals surface area (Å²) < 4.78 is 0.754. The molecule has 0 fully saturated rings. The third kappa shape index (κ3) is 2.25. The third-order valence-electron chi connectivity index (χ3n) is 1.98. The molecular formula is C9H9BrClNO2. The van der Waals surface area contributed by atoms with Crippen LogP contribution in [0.2, 0.25) is 0 Å². The van der Waals surface area contributed by atoms with E-state index in [4.69, 9.17) is 11.6 Å². The topological polar surface area (TPSA) is 43.1 Å². The van der Waals surface area contributed by atoms with Crippen molar-refractivity contribution in [3.8, 4) is 0 Å². The first-order chi connectivity index (χ1) is 6.60. The van der Waals surface area contributed by atoms with Gasteiger partial charge in [0.15, 0.2) is 0 Å². The normalized spacial score (nSPS) is 10.2. The summed E-state index contributed by atoms with van der Waals surface area (Å²) in [5.41, 5.74) is 1.92. The van der Waals surface area contributed by atoms with E-state index < -0.39 is 4.92 Å². The molecule has 1 aromatic rings. The van der Waals surface area contributed by atoms with Crippen LogP contribution in [-0.2, 0) is 12.3 Å². The first kappa shape index (κ1) is 11.5. The van der Waals surface area contributed by atoms with Crippen molar-refractivity contribution >= 4 is 33.2 Å². The number of non-ortho nitro benzene ring substituents is 1. The maximum absolute atomic E-state index is 10.6. The van der Waals surface area contributed by atoms with Gasteiger partial charge in [-0.1, -0.05) is 22.9 Å². The number of nitro groups is 1. The van der Waals surface area contributed by atoms with Crippen LogP contribution in [0.15, 0.2) is 16.6 Å². The van der Waals surface area contributed by atoms with Crippen molar-refractivity contribution in [2.75, 3.05) is 0 Å². The van der Waals surface area contributed by atoms with Crippen LogP contribution in [0.5, 0.6) is 0 Å². The van der Waals surface area contributed by atoms with Crippen LogP contribution in [-0.4, -0.2) is 4.92 Å². The van der Waals surface area contributed by atoms with Crippen molar-refractivity contribution in [1.82, 2.24) is 0 Å². The quantitative estimate of drug-likeness (QED) is 0.481. The lowest BCUT2D eigenvalue weighted by Crippen LogP contribution is -1.95. The zero-order chi connectivity index (χ0) is 10.7. The standard InChI is InChI=1S/C9H9BrClNO2/c1-2-8-6(5-11)3-7(12(13)14)4-9(8)10/h3-4H,2,5H2,1H3. The Bertz CT molecular complexity index is 368. The Kier molecular flexibility index (Phi) is 3.89. The minimum Gasteiger partial charge on any atom is -0.258 e. The summed E-state index contributed by atoms with van der Waals surface area (Å²) in [6.45, 7) is 1.99. The van der Waals surface area contributed by atoms with E-state index in [1.54, 1.807) is 0 Å². The molecule has 0 aromatic heterocycles. The van der Waals surface area contributed by atoms with Crippen LogP contribution in [0.1, 0.15) is 18.1 Å². The van der Waals surface area contributed by atoms with Crippen LogP contribution in [0.25, 0.3) is 0 Å². The summed E-state index contributed by atoms with van der Waals surface area (Å²) in [7, 11) is 0. The van der Waals surface area contributed by atoms with Crippen LogP contribution in [0.3, 0.4) is 0 Å². The monoisotopic (exact) mass is 277 g/mol. The van der Waals surface area contributed by atoms with Crippen molar-refractivity contribution in [3.63, 3.8) is 0 Å². The Morgan fingerprint density at radius 1 is 1.57 bits per heavy atom. The highest BCUT2D eigenvalue weighted by Gasteiger charge is 2.13. The maximum atomic E-state index is 10.6. The van der Waals surface area contributed by atoms with Crippen LogP contribution in [0, 0.1) is 10.1 Å². The number of alkyl halides is 1. The fourth-order valence-electron chi connectivity index (χ4n) is 1.30. The molecule has 0 heterocycles. The van der Waals surface area contributed by atoms with Crippen molar-refractivity contribution in [3.05, 3.63) is 37.8 Å². The summed E-state index contributed by atoms with van der Waals surface area (Å²) in [4.78, 5) is 10.1. The van der Waals surface area contributed by atoms with Gasteiger partial charge in [-0.15, -0.1) is 11.6 Å². The molecule has 5 heteroatoms. The molecule has 76 valence electrons. The second kappa shape index (κ2) is 4.75. The predicted molar refractivity (Wildman–Crippen MR) is 59.7 cm³/mol. The van der Waals surface area contributed by atoms with Crippen LogP contribution < -0.4 is 0 Å². The second-order valence-corrected chi connectivity index (χ2v) is 3.93. The molecule has 1 aromatic carbocycles. The highest BCUT2D eigenvalue weighted by atomic mass is 79.9. The lowest BCUT2D eigenvalue weighted by atomic mass is 10.1. The fraction of sp³-hybridized carbons (Fsp3) is 0.333. The SMILES string of the molecule is CCc1c(Br)cc([N+](=O)[O-])cc1CCl. The van der Waals surface area contributed by atoms with Gasteiger partial charge in [-0.2, -0.15) is 0 Å². The molecule has 1 rings (SSSR count). The zero-order valence-electron chi connectivity index (χ0n) is 7.59. The lowest BCUT2D eigenvalue weighted by molar-refractivity contribution is -0.385. The van der Waals surface area contributed by atoms with Gasteiger partial charge in [0, 0.05) is 22.5 Å². The molecule has 0 aliphatic carbocycles. The summed E-state index contributed by atoms with van der Waals surface area (Å²) >= 11 is 9.02. The molecule has 0 aliphatic rings. The number of hydrogen-bond acceptors (Lipinski definition) is 2. The van der Waals surface area contributed by atoms with Crippen LogP contribution in [0.4, 0.5) is 5.69 Å². The van der Waals surface area contributed by atoms with E-state index in [-0.39, 0.29) is 5.69 Å². The summed E-state index contributed by atoms with van der Waals surface area (Å²) in [6.07, 6.45) is 0.806. The Morgan fingerprint density at radius 3 is 2.64 bits per heavy atom. The van der Waals surface area contributed by atoms with Gasteiger partial charge in [0.2, 0.25) is 0 Å². The summed E-state index contributed by atoms with van der Waals surface area (Å²) in [5.74, 6) is 0.295. The van der Waals surface area contributed by atoms with E-state index in [1.807, 2.05) is 6.92 Å². The zero-order valence-corrected chi connectivity index (χ0v) is 9.93. The van der Waals surface area contributed by atoms with Gasteiger partial charge >= 0.3 is 0 Å². The van der Waals surface area contributed by atoms with E-state index in [0.29, 0.717) is 5.88 Å². The molecular weight excluding hydrogens is 269 g/mol. The minimum atomic E-state index is -0.416. The second-order valence-electron chi connectivity index (χ2n) is 2.81. The van der Waals surface area contributed by atoms with Gasteiger partial charge in [0.25, 0.3) is 5.69 Å². The minimum absolute atomic E-state index is 0.0738. The van der Waals surface area contributed by atoms with Crippen molar-refractivity contribution in [2.24, 2.45) is 0 Å². The first-order valence-corrected chi connectivity index (χ1v) is 5.44. The lowest BCUT2D eigenvalue weighted by Gasteiger charge is -2.06. The van der Waals surface area contributed by atoms with Gasteiger partial charge in [-0.05, 0) is 17.5 Å². The molecule has 3 nitrogen and oxygen atoms in total. The van der Waals surface area contributed by atoms with Gasteiger partial charge in [-0.3, -0.25) is 10.1 Å². The highest BCUT2D eigenvalue weighted by molar-refractivity contribution is 9.10. The maximum Gasteiger partial charge on any atom is 0.270 e. The molecule has 0 radical (unpaired) electrons. The van der Waals surface area contributed by atoms with Crippen molar-refractivity contribution < 1.29 is 4.92 Å². The number of benzene rings is 1. The predicted octanol–water partition coefficient (Wildman–Crippen LogP) is 3.66. The molecule has 0 spiro atoms. The van der Waals surface area contributed by atoms with E-state index in [1.165, 1.54) is 12.1 Å². The number of nitro benzene ring substituents is 1. The Morgan fingerprint density at radius 2 is 2.21 bits per heavy atom. The Balaban J connectivity index is 3.31. The van der Waals surface area contributed by atoms with Gasteiger partial charge in [0.1, 0.15) is 0 Å². The Hall–Kier alpha value is -0.610. The molecule has 0 bridgehead atoms. The molecule has 0 unspecified atom stereocenters. The third-order valence-corrected chi connectivity index (χ3v) is 2.98. The molecule has 0 aliphatic heterocycles. The fourth-order valence-corrected chi connectivity index (χ4v) is 2.31. The number of hydrogen-bond donors (Lipinski definition) is 0. The van der Waals surface area contributed by atoms with Crippen molar-refractivity contribution in [1.29, 1.82) is 0 Å². The average Bonchev–Trinajstić information content (AvgIpc) is 2.16. The Labute approximate surface area is 95.4 Å². The molecule has 0 saturated carbocycles. The smallest absolute Gasteiger partial charge is 0.258 e. The number of halogens is 2.